The molecule has 0 radical (unpaired) electrons. The SMILES string of the molecule is CC.COc1ccc(N2CCNCC2)cc1CCN1CCC(n2ccc3ccc(C(N)=O)cc32)CC1. The lowest BCUT2D eigenvalue weighted by Crippen LogP contribution is -2.43. The number of piperazine rings is 1. The van der Waals surface area contributed by atoms with Gasteiger partial charge in [-0.05, 0) is 66.6 Å². The molecule has 7 heteroatoms. The molecule has 194 valence electrons. The summed E-state index contributed by atoms with van der Waals surface area (Å²) in [6.07, 6.45) is 5.34. The standard InChI is InChI=1S/C27H35N5O2.C2H6/c1-34-26-5-4-24(31-16-10-29-11-17-31)18-21(26)6-12-30-13-8-23(9-14-30)32-15-7-20-2-3-22(27(28)33)19-25(20)32;1-2/h2-5,7,15,18-19,23,29H,6,8-14,16-17H2,1H3,(H2,28,33);1-2H3. The summed E-state index contributed by atoms with van der Waals surface area (Å²) in [6.45, 7) is 11.3. The number of fused-ring (bicyclic) bond motifs is 1. The Labute approximate surface area is 215 Å². The normalized spacial score (nSPS) is 17.0. The van der Waals surface area contributed by atoms with Gasteiger partial charge in [0.1, 0.15) is 5.75 Å². The number of carbonyl (C=O) groups is 1. The minimum absolute atomic E-state index is 0.374. The minimum atomic E-state index is -0.374. The predicted octanol–water partition coefficient (Wildman–Crippen LogP) is 4.06. The van der Waals surface area contributed by atoms with Gasteiger partial charge in [0.2, 0.25) is 5.91 Å². The number of ether oxygens (including phenoxy) is 1. The van der Waals surface area contributed by atoms with E-state index in [1.807, 2.05) is 32.0 Å². The van der Waals surface area contributed by atoms with Gasteiger partial charge in [-0.3, -0.25) is 4.79 Å². The van der Waals surface area contributed by atoms with Crippen molar-refractivity contribution in [3.05, 3.63) is 59.8 Å². The molecule has 0 saturated carbocycles. The van der Waals surface area contributed by atoms with Crippen molar-refractivity contribution in [2.45, 2.75) is 39.2 Å². The lowest BCUT2D eigenvalue weighted by molar-refractivity contribution is 0.100. The first-order valence-corrected chi connectivity index (χ1v) is 13.4. The Kier molecular flexibility index (Phi) is 8.88. The Morgan fingerprint density at radius 2 is 1.78 bits per heavy atom. The van der Waals surface area contributed by atoms with Crippen LogP contribution in [-0.4, -0.2) is 68.3 Å². The van der Waals surface area contributed by atoms with Crippen LogP contribution in [0.4, 0.5) is 5.69 Å². The van der Waals surface area contributed by atoms with Crippen LogP contribution in [0.2, 0.25) is 0 Å². The number of carbonyl (C=O) groups excluding carboxylic acids is 1. The van der Waals surface area contributed by atoms with Crippen LogP contribution in [0.5, 0.6) is 5.75 Å². The molecule has 3 heterocycles. The molecule has 36 heavy (non-hydrogen) atoms. The Morgan fingerprint density at radius 3 is 2.47 bits per heavy atom. The van der Waals surface area contributed by atoms with Gasteiger partial charge in [-0.15, -0.1) is 0 Å². The molecule has 2 fully saturated rings. The summed E-state index contributed by atoms with van der Waals surface area (Å²) < 4.78 is 8.01. The quantitative estimate of drug-likeness (QED) is 0.521. The van der Waals surface area contributed by atoms with E-state index in [1.165, 1.54) is 11.3 Å². The third-order valence-corrected chi connectivity index (χ3v) is 7.40. The van der Waals surface area contributed by atoms with Gasteiger partial charge in [0, 0.05) is 74.8 Å². The molecule has 2 saturated heterocycles. The number of piperidine rings is 1. The first-order valence-electron chi connectivity index (χ1n) is 13.4. The smallest absolute Gasteiger partial charge is 0.248 e. The highest BCUT2D eigenvalue weighted by Crippen LogP contribution is 2.30. The number of aromatic nitrogens is 1. The van der Waals surface area contributed by atoms with Crippen LogP contribution in [0, 0.1) is 0 Å². The Bertz CT molecular complexity index is 1140. The van der Waals surface area contributed by atoms with Crippen molar-refractivity contribution in [2.75, 3.05) is 57.8 Å². The van der Waals surface area contributed by atoms with Crippen molar-refractivity contribution in [3.8, 4) is 5.75 Å². The van der Waals surface area contributed by atoms with E-state index in [-0.39, 0.29) is 5.91 Å². The number of likely N-dealkylation sites (tertiary alicyclic amines) is 1. The molecule has 0 aliphatic carbocycles. The van der Waals surface area contributed by atoms with Crippen LogP contribution in [0.3, 0.4) is 0 Å². The van der Waals surface area contributed by atoms with Crippen molar-refractivity contribution < 1.29 is 9.53 Å². The van der Waals surface area contributed by atoms with Crippen LogP contribution in [-0.2, 0) is 6.42 Å². The van der Waals surface area contributed by atoms with Crippen LogP contribution >= 0.6 is 0 Å². The maximum atomic E-state index is 11.6. The van der Waals surface area contributed by atoms with Crippen molar-refractivity contribution >= 4 is 22.5 Å². The van der Waals surface area contributed by atoms with E-state index in [0.717, 1.165) is 81.7 Å². The minimum Gasteiger partial charge on any atom is -0.496 e. The molecule has 2 aromatic carbocycles. The topological polar surface area (TPSA) is 75.8 Å². The highest BCUT2D eigenvalue weighted by atomic mass is 16.5. The second-order valence-corrected chi connectivity index (χ2v) is 9.42. The Balaban J connectivity index is 0.00000148. The zero-order valence-corrected chi connectivity index (χ0v) is 22.0. The van der Waals surface area contributed by atoms with E-state index >= 15 is 0 Å². The van der Waals surface area contributed by atoms with Gasteiger partial charge in [-0.25, -0.2) is 0 Å². The Hall–Kier alpha value is -3.03. The third kappa shape index (κ3) is 5.85. The number of hydrogen-bond donors (Lipinski definition) is 2. The molecule has 0 atom stereocenters. The molecular formula is C29H41N5O2. The second kappa shape index (κ2) is 12.3. The van der Waals surface area contributed by atoms with Crippen molar-refractivity contribution in [2.24, 2.45) is 5.73 Å². The molecule has 0 bridgehead atoms. The molecular weight excluding hydrogens is 450 g/mol. The maximum absolute atomic E-state index is 11.6. The fraction of sp³-hybridized carbons (Fsp3) is 0.483. The summed E-state index contributed by atoms with van der Waals surface area (Å²) in [5.41, 5.74) is 9.76. The molecule has 5 rings (SSSR count). The van der Waals surface area contributed by atoms with Crippen LogP contribution in [0.1, 0.15) is 48.7 Å². The summed E-state index contributed by atoms with van der Waals surface area (Å²) in [6, 6.07) is 14.9. The lowest BCUT2D eigenvalue weighted by atomic mass is 10.0. The molecule has 0 spiro atoms. The fourth-order valence-electron chi connectivity index (χ4n) is 5.40. The summed E-state index contributed by atoms with van der Waals surface area (Å²) in [7, 11) is 1.76. The number of anilines is 1. The van der Waals surface area contributed by atoms with Gasteiger partial charge in [0.05, 0.1) is 7.11 Å². The molecule has 3 N–H and O–H groups in total. The number of nitrogens with one attached hydrogen (secondary N) is 1. The van der Waals surface area contributed by atoms with Gasteiger partial charge in [0.25, 0.3) is 0 Å². The third-order valence-electron chi connectivity index (χ3n) is 7.40. The average molecular weight is 492 g/mol. The van der Waals surface area contributed by atoms with E-state index in [9.17, 15) is 4.79 Å². The molecule has 0 unspecified atom stereocenters. The highest BCUT2D eigenvalue weighted by Gasteiger charge is 2.22. The van der Waals surface area contributed by atoms with Crippen molar-refractivity contribution in [1.29, 1.82) is 0 Å². The molecule has 2 aliphatic rings. The largest absolute Gasteiger partial charge is 0.496 e. The average Bonchev–Trinajstić information content (AvgIpc) is 3.37. The van der Waals surface area contributed by atoms with Gasteiger partial charge in [0.15, 0.2) is 0 Å². The van der Waals surface area contributed by atoms with E-state index in [4.69, 9.17) is 10.5 Å². The van der Waals surface area contributed by atoms with Crippen LogP contribution in [0.15, 0.2) is 48.7 Å². The molecule has 1 amide bonds. The van der Waals surface area contributed by atoms with E-state index in [1.54, 1.807) is 7.11 Å². The summed E-state index contributed by atoms with van der Waals surface area (Å²) in [4.78, 5) is 16.7. The monoisotopic (exact) mass is 491 g/mol. The first-order chi connectivity index (χ1) is 17.6. The number of methoxy groups -OCH3 is 1. The first kappa shape index (κ1) is 26.0. The summed E-state index contributed by atoms with van der Waals surface area (Å²) in [5.74, 6) is 0.610. The van der Waals surface area contributed by atoms with Crippen LogP contribution in [0.25, 0.3) is 10.9 Å². The van der Waals surface area contributed by atoms with Crippen molar-refractivity contribution in [3.63, 3.8) is 0 Å². The summed E-state index contributed by atoms with van der Waals surface area (Å²) in [5, 5.41) is 4.58. The summed E-state index contributed by atoms with van der Waals surface area (Å²) >= 11 is 0. The molecule has 1 aromatic heterocycles. The molecule has 7 nitrogen and oxygen atoms in total. The highest BCUT2D eigenvalue weighted by molar-refractivity contribution is 5.97. The number of nitrogens with two attached hydrogens (primary N) is 1. The zero-order valence-electron chi connectivity index (χ0n) is 22.0. The van der Waals surface area contributed by atoms with Crippen molar-refractivity contribution in [1.82, 2.24) is 14.8 Å². The number of primary amides is 1. The lowest BCUT2D eigenvalue weighted by Gasteiger charge is -2.33. The number of hydrogen-bond acceptors (Lipinski definition) is 5. The zero-order chi connectivity index (χ0) is 25.5. The van der Waals surface area contributed by atoms with Crippen LogP contribution < -0.4 is 20.7 Å². The van der Waals surface area contributed by atoms with Gasteiger partial charge >= 0.3 is 0 Å². The molecule has 2 aliphatic heterocycles. The number of amides is 1. The van der Waals surface area contributed by atoms with E-state index < -0.39 is 0 Å². The Morgan fingerprint density at radius 1 is 1.03 bits per heavy atom. The van der Waals surface area contributed by atoms with Gasteiger partial charge in [-0.2, -0.15) is 0 Å². The predicted molar refractivity (Wildman–Crippen MR) is 148 cm³/mol. The number of nitrogens with zero attached hydrogens (tertiary/aromatic N) is 3. The second-order valence-electron chi connectivity index (χ2n) is 9.42. The maximum Gasteiger partial charge on any atom is 0.248 e. The number of benzene rings is 2. The van der Waals surface area contributed by atoms with Gasteiger partial charge in [-0.1, -0.05) is 19.9 Å². The van der Waals surface area contributed by atoms with E-state index in [0.29, 0.717) is 11.6 Å². The molecule has 3 aromatic rings. The fourth-order valence-corrected chi connectivity index (χ4v) is 5.40. The van der Waals surface area contributed by atoms with E-state index in [2.05, 4.69) is 50.1 Å². The number of rotatable bonds is 7. The van der Waals surface area contributed by atoms with Gasteiger partial charge < -0.3 is 30.2 Å².